The lowest BCUT2D eigenvalue weighted by atomic mass is 10.1. The third-order valence-corrected chi connectivity index (χ3v) is 5.10. The third kappa shape index (κ3) is 4.26. The fourth-order valence-corrected chi connectivity index (χ4v) is 3.44. The zero-order valence-corrected chi connectivity index (χ0v) is 15.5. The minimum absolute atomic E-state index is 0.0243. The number of carbonyl (C=O) groups is 1. The Morgan fingerprint density at radius 2 is 1.96 bits per heavy atom. The molecule has 0 spiro atoms. The van der Waals surface area contributed by atoms with Crippen molar-refractivity contribution in [2.75, 3.05) is 39.5 Å². The van der Waals surface area contributed by atoms with Crippen LogP contribution in [0.5, 0.6) is 11.5 Å². The number of carbonyl (C=O) groups excluding carboxylic acids is 1. The van der Waals surface area contributed by atoms with Gasteiger partial charge in [-0.1, -0.05) is 6.07 Å². The van der Waals surface area contributed by atoms with Gasteiger partial charge in [-0.2, -0.15) is 0 Å². The maximum atomic E-state index is 12.4. The molecule has 1 aromatic heterocycles. The van der Waals surface area contributed by atoms with Crippen molar-refractivity contribution in [3.8, 4) is 11.5 Å². The first-order chi connectivity index (χ1) is 13.2. The fraction of sp³-hybridized carbons (Fsp3) is 0.450. The summed E-state index contributed by atoms with van der Waals surface area (Å²) in [5.41, 5.74) is 1.20. The molecule has 1 amide bonds. The highest BCUT2D eigenvalue weighted by Gasteiger charge is 2.22. The van der Waals surface area contributed by atoms with Crippen LogP contribution in [0.3, 0.4) is 0 Å². The molecule has 0 aliphatic carbocycles. The maximum absolute atomic E-state index is 12.4. The number of nitrogens with one attached hydrogen (secondary N) is 1. The predicted molar refractivity (Wildman–Crippen MR) is 99.5 cm³/mol. The van der Waals surface area contributed by atoms with E-state index in [1.807, 2.05) is 36.1 Å². The van der Waals surface area contributed by atoms with Crippen molar-refractivity contribution in [3.05, 3.63) is 47.9 Å². The van der Waals surface area contributed by atoms with Crippen LogP contribution in [0.1, 0.15) is 24.3 Å². The van der Waals surface area contributed by atoms with Crippen LogP contribution in [0.25, 0.3) is 0 Å². The Morgan fingerprint density at radius 3 is 2.74 bits per heavy atom. The monoisotopic (exact) mass is 371 g/mol. The molecular weight excluding hydrogens is 346 g/mol. The van der Waals surface area contributed by atoms with Gasteiger partial charge in [0.15, 0.2) is 11.5 Å². The van der Waals surface area contributed by atoms with Crippen LogP contribution in [0, 0.1) is 0 Å². The van der Waals surface area contributed by atoms with Gasteiger partial charge in [0.2, 0.25) is 12.7 Å². The SMILES string of the molecule is C[C@@H](NCC(=O)N1CCN(Cc2ccc3c(c2)OCO3)CC1)c1ccco1. The minimum Gasteiger partial charge on any atom is -0.468 e. The van der Waals surface area contributed by atoms with Crippen molar-refractivity contribution in [3.63, 3.8) is 0 Å². The summed E-state index contributed by atoms with van der Waals surface area (Å²) in [6.07, 6.45) is 1.65. The van der Waals surface area contributed by atoms with Gasteiger partial charge in [0.25, 0.3) is 0 Å². The van der Waals surface area contributed by atoms with Crippen LogP contribution in [0.4, 0.5) is 0 Å². The second-order valence-corrected chi connectivity index (χ2v) is 6.96. The van der Waals surface area contributed by atoms with E-state index in [0.29, 0.717) is 13.3 Å². The fourth-order valence-electron chi connectivity index (χ4n) is 3.44. The number of hydrogen-bond donors (Lipinski definition) is 1. The van der Waals surface area contributed by atoms with Crippen molar-refractivity contribution in [2.24, 2.45) is 0 Å². The standard InChI is InChI=1S/C20H25N3O4/c1-15(17-3-2-10-25-17)21-12-20(24)23-8-6-22(7-9-23)13-16-4-5-18-19(11-16)27-14-26-18/h2-5,10-11,15,21H,6-9,12-14H2,1H3/t15-/m1/s1. The largest absolute Gasteiger partial charge is 0.468 e. The van der Waals surface area contributed by atoms with E-state index in [1.54, 1.807) is 6.26 Å². The van der Waals surface area contributed by atoms with E-state index in [1.165, 1.54) is 5.56 Å². The summed E-state index contributed by atoms with van der Waals surface area (Å²) in [4.78, 5) is 16.7. The molecule has 1 fully saturated rings. The second-order valence-electron chi connectivity index (χ2n) is 6.96. The first kappa shape index (κ1) is 17.9. The molecule has 1 N–H and O–H groups in total. The molecule has 3 heterocycles. The van der Waals surface area contributed by atoms with Crippen LogP contribution >= 0.6 is 0 Å². The highest BCUT2D eigenvalue weighted by atomic mass is 16.7. The zero-order valence-electron chi connectivity index (χ0n) is 15.5. The average Bonchev–Trinajstić information content (AvgIpc) is 3.38. The van der Waals surface area contributed by atoms with Crippen LogP contribution in [0.2, 0.25) is 0 Å². The summed E-state index contributed by atoms with van der Waals surface area (Å²) in [6, 6.07) is 9.87. The van der Waals surface area contributed by atoms with E-state index in [2.05, 4.69) is 16.3 Å². The van der Waals surface area contributed by atoms with E-state index in [0.717, 1.165) is 50.0 Å². The lowest BCUT2D eigenvalue weighted by Gasteiger charge is -2.35. The van der Waals surface area contributed by atoms with E-state index in [-0.39, 0.29) is 11.9 Å². The molecule has 2 aliphatic rings. The van der Waals surface area contributed by atoms with Crippen LogP contribution in [-0.2, 0) is 11.3 Å². The van der Waals surface area contributed by atoms with E-state index >= 15 is 0 Å². The number of piperazine rings is 1. The van der Waals surface area contributed by atoms with Gasteiger partial charge < -0.3 is 18.8 Å². The highest BCUT2D eigenvalue weighted by molar-refractivity contribution is 5.78. The summed E-state index contributed by atoms with van der Waals surface area (Å²) < 4.78 is 16.2. The number of rotatable bonds is 6. The van der Waals surface area contributed by atoms with E-state index in [4.69, 9.17) is 13.9 Å². The van der Waals surface area contributed by atoms with Crippen molar-refractivity contribution < 1.29 is 18.7 Å². The first-order valence-electron chi connectivity index (χ1n) is 9.34. The van der Waals surface area contributed by atoms with E-state index in [9.17, 15) is 4.79 Å². The number of hydrogen-bond acceptors (Lipinski definition) is 6. The Labute approximate surface area is 158 Å². The van der Waals surface area contributed by atoms with Gasteiger partial charge in [-0.05, 0) is 36.8 Å². The molecule has 1 aromatic carbocycles. The highest BCUT2D eigenvalue weighted by Crippen LogP contribution is 2.32. The van der Waals surface area contributed by atoms with Gasteiger partial charge >= 0.3 is 0 Å². The van der Waals surface area contributed by atoms with Gasteiger partial charge in [0.1, 0.15) is 5.76 Å². The number of amides is 1. The lowest BCUT2D eigenvalue weighted by molar-refractivity contribution is -0.132. The summed E-state index contributed by atoms with van der Waals surface area (Å²) in [5.74, 6) is 2.61. The molecular formula is C20H25N3O4. The molecule has 0 radical (unpaired) electrons. The Hall–Kier alpha value is -2.51. The molecule has 2 aromatic rings. The number of furan rings is 1. The molecule has 0 bridgehead atoms. The van der Waals surface area contributed by atoms with Gasteiger partial charge in [-0.3, -0.25) is 15.0 Å². The summed E-state index contributed by atoms with van der Waals surface area (Å²) in [6.45, 7) is 6.71. The third-order valence-electron chi connectivity index (χ3n) is 5.10. The van der Waals surface area contributed by atoms with Crippen molar-refractivity contribution in [2.45, 2.75) is 19.5 Å². The van der Waals surface area contributed by atoms with Gasteiger partial charge in [-0.25, -0.2) is 0 Å². The minimum atomic E-state index is 0.0243. The molecule has 1 atom stereocenters. The summed E-state index contributed by atoms with van der Waals surface area (Å²) in [7, 11) is 0. The molecule has 2 aliphatic heterocycles. The Balaban J connectivity index is 1.22. The molecule has 27 heavy (non-hydrogen) atoms. The van der Waals surface area contributed by atoms with Crippen LogP contribution in [0.15, 0.2) is 41.0 Å². The number of ether oxygens (including phenoxy) is 2. The molecule has 4 rings (SSSR count). The number of benzene rings is 1. The topological polar surface area (TPSA) is 67.2 Å². The van der Waals surface area contributed by atoms with Crippen LogP contribution in [-0.4, -0.2) is 55.2 Å². The normalized spacial score (nSPS) is 17.9. The molecule has 0 saturated carbocycles. The quantitative estimate of drug-likeness (QED) is 0.838. The van der Waals surface area contributed by atoms with Crippen molar-refractivity contribution >= 4 is 5.91 Å². The molecule has 1 saturated heterocycles. The smallest absolute Gasteiger partial charge is 0.236 e. The summed E-state index contributed by atoms with van der Waals surface area (Å²) in [5, 5.41) is 3.23. The Bertz CT molecular complexity index is 770. The number of fused-ring (bicyclic) bond motifs is 1. The second kappa shape index (κ2) is 8.02. The molecule has 144 valence electrons. The lowest BCUT2D eigenvalue weighted by Crippen LogP contribution is -2.50. The number of nitrogens with zero attached hydrogens (tertiary/aromatic N) is 2. The van der Waals surface area contributed by atoms with Gasteiger partial charge in [0, 0.05) is 32.7 Å². The molecule has 0 unspecified atom stereocenters. The van der Waals surface area contributed by atoms with E-state index < -0.39 is 0 Å². The molecule has 7 nitrogen and oxygen atoms in total. The van der Waals surface area contributed by atoms with Gasteiger partial charge in [-0.15, -0.1) is 0 Å². The maximum Gasteiger partial charge on any atom is 0.236 e. The Morgan fingerprint density at radius 1 is 1.15 bits per heavy atom. The Kier molecular flexibility index (Phi) is 5.31. The first-order valence-corrected chi connectivity index (χ1v) is 9.34. The van der Waals surface area contributed by atoms with Crippen LogP contribution < -0.4 is 14.8 Å². The van der Waals surface area contributed by atoms with Crippen molar-refractivity contribution in [1.29, 1.82) is 0 Å². The van der Waals surface area contributed by atoms with Crippen molar-refractivity contribution in [1.82, 2.24) is 15.1 Å². The summed E-state index contributed by atoms with van der Waals surface area (Å²) >= 11 is 0. The average molecular weight is 371 g/mol. The predicted octanol–water partition coefficient (Wildman–Crippen LogP) is 2.00. The van der Waals surface area contributed by atoms with Gasteiger partial charge in [0.05, 0.1) is 18.8 Å². The molecule has 7 heteroatoms. The zero-order chi connectivity index (χ0) is 18.6.